The maximum absolute atomic E-state index is 2.32. The third-order valence-electron chi connectivity index (χ3n) is 2.21. The summed E-state index contributed by atoms with van der Waals surface area (Å²) in [6.45, 7) is 0. The van der Waals surface area contributed by atoms with Crippen LogP contribution >= 0.6 is 45.2 Å². The lowest BCUT2D eigenvalue weighted by Gasteiger charge is -1.95. The molecule has 2 aromatic carbocycles. The fourth-order valence-electron chi connectivity index (χ4n) is 1.34. The molecule has 0 saturated heterocycles. The smallest absolute Gasteiger partial charge is 0.0130 e. The van der Waals surface area contributed by atoms with E-state index in [1.54, 1.807) is 0 Å². The molecule has 0 aromatic heterocycles. The van der Waals surface area contributed by atoms with Gasteiger partial charge in [0.25, 0.3) is 0 Å². The van der Waals surface area contributed by atoms with Crippen molar-refractivity contribution >= 4 is 57.3 Å². The molecule has 0 bridgehead atoms. The normalized spacial score (nSPS) is 10.9. The molecule has 0 unspecified atom stereocenters. The van der Waals surface area contributed by atoms with E-state index in [4.69, 9.17) is 0 Å². The molecule has 0 aliphatic heterocycles. The molecule has 0 saturated carbocycles. The van der Waals surface area contributed by atoms with Crippen molar-refractivity contribution in [1.29, 1.82) is 0 Å². The van der Waals surface area contributed by atoms with E-state index in [1.807, 2.05) is 0 Å². The third kappa shape index (κ3) is 3.59. The van der Waals surface area contributed by atoms with Gasteiger partial charge >= 0.3 is 0 Å². The van der Waals surface area contributed by atoms with E-state index >= 15 is 0 Å². The fraction of sp³-hybridized carbons (Fsp3) is 0. The largest absolute Gasteiger partial charge is 0.0544 e. The van der Waals surface area contributed by atoms with Gasteiger partial charge in [0, 0.05) is 7.14 Å². The minimum absolute atomic E-state index is 1.24. The van der Waals surface area contributed by atoms with Crippen LogP contribution in [-0.4, -0.2) is 0 Å². The predicted molar refractivity (Wildman–Crippen MR) is 87.2 cm³/mol. The SMILES string of the molecule is Ic1ccc(/C=C\c2ccc(I)cc2)cc1. The van der Waals surface area contributed by atoms with Crippen LogP contribution in [0.25, 0.3) is 12.2 Å². The highest BCUT2D eigenvalue weighted by Crippen LogP contribution is 2.12. The fourth-order valence-corrected chi connectivity index (χ4v) is 2.06. The van der Waals surface area contributed by atoms with Gasteiger partial charge in [0.1, 0.15) is 0 Å². The highest BCUT2D eigenvalue weighted by Gasteiger charge is 1.89. The van der Waals surface area contributed by atoms with Crippen molar-refractivity contribution in [1.82, 2.24) is 0 Å². The second kappa shape index (κ2) is 5.82. The molecular weight excluding hydrogens is 422 g/mol. The topological polar surface area (TPSA) is 0 Å². The monoisotopic (exact) mass is 432 g/mol. The van der Waals surface area contributed by atoms with Crippen molar-refractivity contribution in [3.05, 3.63) is 66.8 Å². The van der Waals surface area contributed by atoms with E-state index in [2.05, 4.69) is 106 Å². The van der Waals surface area contributed by atoms with Gasteiger partial charge in [-0.25, -0.2) is 0 Å². The Morgan fingerprint density at radius 2 is 0.875 bits per heavy atom. The van der Waals surface area contributed by atoms with Crippen LogP contribution in [0.15, 0.2) is 48.5 Å². The molecule has 0 amide bonds. The van der Waals surface area contributed by atoms with Gasteiger partial charge in [0.15, 0.2) is 0 Å². The Bertz CT molecular complexity index is 434. The summed E-state index contributed by atoms with van der Waals surface area (Å²) in [5.74, 6) is 0. The van der Waals surface area contributed by atoms with E-state index in [0.717, 1.165) is 0 Å². The quantitative estimate of drug-likeness (QED) is 0.460. The molecule has 0 fully saturated rings. The number of hydrogen-bond acceptors (Lipinski definition) is 0. The summed E-state index contributed by atoms with van der Waals surface area (Å²) in [4.78, 5) is 0. The molecule has 0 N–H and O–H groups in total. The molecular formula is C14H10I2. The Balaban J connectivity index is 2.15. The number of hydrogen-bond donors (Lipinski definition) is 0. The van der Waals surface area contributed by atoms with Gasteiger partial charge in [-0.3, -0.25) is 0 Å². The molecule has 0 spiro atoms. The summed E-state index contributed by atoms with van der Waals surface area (Å²) in [6, 6.07) is 17.0. The van der Waals surface area contributed by atoms with Gasteiger partial charge in [-0.2, -0.15) is 0 Å². The predicted octanol–water partition coefficient (Wildman–Crippen LogP) is 5.07. The first-order chi connectivity index (χ1) is 7.74. The van der Waals surface area contributed by atoms with Crippen molar-refractivity contribution < 1.29 is 0 Å². The van der Waals surface area contributed by atoms with Gasteiger partial charge in [-0.05, 0) is 80.6 Å². The van der Waals surface area contributed by atoms with Crippen molar-refractivity contribution in [2.45, 2.75) is 0 Å². The van der Waals surface area contributed by atoms with Crippen LogP contribution in [-0.2, 0) is 0 Å². The Kier molecular flexibility index (Phi) is 4.40. The van der Waals surface area contributed by atoms with Crippen molar-refractivity contribution in [3.8, 4) is 0 Å². The van der Waals surface area contributed by atoms with Gasteiger partial charge < -0.3 is 0 Å². The highest BCUT2D eigenvalue weighted by molar-refractivity contribution is 14.1. The van der Waals surface area contributed by atoms with Crippen LogP contribution in [0.1, 0.15) is 11.1 Å². The lowest BCUT2D eigenvalue weighted by Crippen LogP contribution is -1.75. The third-order valence-corrected chi connectivity index (χ3v) is 3.65. The minimum Gasteiger partial charge on any atom is -0.0544 e. The summed E-state index contributed by atoms with van der Waals surface area (Å²) < 4.78 is 2.54. The van der Waals surface area contributed by atoms with Crippen molar-refractivity contribution in [2.75, 3.05) is 0 Å². The molecule has 0 aliphatic carbocycles. The molecule has 0 atom stereocenters. The van der Waals surface area contributed by atoms with E-state index in [0.29, 0.717) is 0 Å². The number of halogens is 2. The Hall–Kier alpha value is -0.360. The molecule has 2 aromatic rings. The second-order valence-electron chi connectivity index (χ2n) is 3.44. The molecule has 2 heteroatoms. The zero-order valence-electron chi connectivity index (χ0n) is 8.53. The van der Waals surface area contributed by atoms with Gasteiger partial charge in [-0.1, -0.05) is 36.4 Å². The Morgan fingerprint density at radius 1 is 0.562 bits per heavy atom. The first-order valence-corrected chi connectivity index (χ1v) is 7.09. The van der Waals surface area contributed by atoms with Crippen LogP contribution in [0.4, 0.5) is 0 Å². The van der Waals surface area contributed by atoms with Crippen molar-refractivity contribution in [2.24, 2.45) is 0 Å². The highest BCUT2D eigenvalue weighted by atomic mass is 127. The zero-order chi connectivity index (χ0) is 11.4. The molecule has 0 aliphatic rings. The lowest BCUT2D eigenvalue weighted by atomic mass is 10.1. The van der Waals surface area contributed by atoms with E-state index in [1.165, 1.54) is 18.3 Å². The van der Waals surface area contributed by atoms with Crippen LogP contribution < -0.4 is 0 Å². The van der Waals surface area contributed by atoms with Crippen molar-refractivity contribution in [3.63, 3.8) is 0 Å². The first kappa shape index (κ1) is 12.1. The van der Waals surface area contributed by atoms with E-state index < -0.39 is 0 Å². The summed E-state index contributed by atoms with van der Waals surface area (Å²) in [5.41, 5.74) is 2.47. The molecule has 0 heterocycles. The molecule has 2 rings (SSSR count). The average molecular weight is 432 g/mol. The number of benzene rings is 2. The molecule has 80 valence electrons. The van der Waals surface area contributed by atoms with Gasteiger partial charge in [-0.15, -0.1) is 0 Å². The summed E-state index contributed by atoms with van der Waals surface area (Å²) in [7, 11) is 0. The minimum atomic E-state index is 1.24. The molecule has 0 radical (unpaired) electrons. The molecule has 16 heavy (non-hydrogen) atoms. The summed E-state index contributed by atoms with van der Waals surface area (Å²) >= 11 is 4.63. The van der Waals surface area contributed by atoms with E-state index in [9.17, 15) is 0 Å². The van der Waals surface area contributed by atoms with Crippen LogP contribution in [0.5, 0.6) is 0 Å². The Morgan fingerprint density at radius 3 is 1.19 bits per heavy atom. The standard InChI is InChI=1S/C14H10I2/c15-13-7-3-11(4-8-13)1-2-12-5-9-14(16)10-6-12/h1-10H/b2-1-. The summed E-state index contributed by atoms with van der Waals surface area (Å²) in [5, 5.41) is 0. The summed E-state index contributed by atoms with van der Waals surface area (Å²) in [6.07, 6.45) is 4.27. The maximum Gasteiger partial charge on any atom is 0.0130 e. The zero-order valence-corrected chi connectivity index (χ0v) is 12.8. The van der Waals surface area contributed by atoms with Gasteiger partial charge in [0.05, 0.1) is 0 Å². The average Bonchev–Trinajstić information content (AvgIpc) is 2.30. The first-order valence-electron chi connectivity index (χ1n) is 4.93. The molecule has 0 nitrogen and oxygen atoms in total. The van der Waals surface area contributed by atoms with Crippen LogP contribution in [0.3, 0.4) is 0 Å². The van der Waals surface area contributed by atoms with Gasteiger partial charge in [0.2, 0.25) is 0 Å². The van der Waals surface area contributed by atoms with Crippen LogP contribution in [0.2, 0.25) is 0 Å². The number of rotatable bonds is 2. The lowest BCUT2D eigenvalue weighted by molar-refractivity contribution is 1.60. The van der Waals surface area contributed by atoms with Crippen LogP contribution in [0, 0.1) is 7.14 Å². The second-order valence-corrected chi connectivity index (χ2v) is 5.93. The van der Waals surface area contributed by atoms with E-state index in [-0.39, 0.29) is 0 Å². The maximum atomic E-state index is 2.32. The Labute approximate surface area is 123 Å².